The van der Waals surface area contributed by atoms with Crippen molar-refractivity contribution < 1.29 is 13.7 Å². The first-order valence-corrected chi connectivity index (χ1v) is 3.35. The van der Waals surface area contributed by atoms with Crippen LogP contribution in [0.1, 0.15) is 0 Å². The molecule has 0 saturated carbocycles. The number of nitriles is 1. The Balaban J connectivity index is 3.39. The maximum Gasteiger partial charge on any atom is 0.296 e. The van der Waals surface area contributed by atoms with E-state index in [1.807, 2.05) is 0 Å². The Morgan fingerprint density at radius 1 is 1.50 bits per heavy atom. The fraction of sp³-hybridized carbons (Fsp3) is 0. The lowest BCUT2D eigenvalue weighted by Crippen LogP contribution is -2.00. The molecule has 5 nitrogen and oxygen atoms in total. The van der Waals surface area contributed by atoms with Gasteiger partial charge in [-0.1, -0.05) is 0 Å². The zero-order valence-electron chi connectivity index (χ0n) is 6.62. The van der Waals surface area contributed by atoms with E-state index in [9.17, 15) is 18.9 Å². The van der Waals surface area contributed by atoms with Crippen LogP contribution in [0.2, 0.25) is 0 Å². The fourth-order valence-electron chi connectivity index (χ4n) is 0.867. The maximum absolute atomic E-state index is 12.9. The summed E-state index contributed by atoms with van der Waals surface area (Å²) in [5.74, 6) is -2.70. The van der Waals surface area contributed by atoms with Gasteiger partial charge in [-0.25, -0.2) is 8.78 Å². The smallest absolute Gasteiger partial charge is 0.284 e. The Hall–Kier alpha value is -2.23. The highest BCUT2D eigenvalue weighted by molar-refractivity contribution is 5.64. The van der Waals surface area contributed by atoms with Crippen molar-refractivity contribution in [1.29, 1.82) is 5.26 Å². The van der Waals surface area contributed by atoms with Crippen LogP contribution in [-0.2, 0) is 0 Å². The van der Waals surface area contributed by atoms with Crippen molar-refractivity contribution in [3.05, 3.63) is 33.9 Å². The largest absolute Gasteiger partial charge is 0.296 e. The standard InChI is InChI=1S/C7H3F2N3O2/c8-4-1-2-5(12(13)14)7(6(4)9)11-3-10/h1-2,11H. The molecule has 0 radical (unpaired) electrons. The molecule has 0 unspecified atom stereocenters. The lowest BCUT2D eigenvalue weighted by atomic mass is 10.2. The zero-order valence-corrected chi connectivity index (χ0v) is 6.62. The topological polar surface area (TPSA) is 79.0 Å². The number of nitro benzene ring substituents is 1. The third-order valence-electron chi connectivity index (χ3n) is 1.45. The maximum atomic E-state index is 12.9. The predicted molar refractivity (Wildman–Crippen MR) is 42.2 cm³/mol. The average molecular weight is 199 g/mol. The molecule has 0 amide bonds. The van der Waals surface area contributed by atoms with Crippen LogP contribution in [0.3, 0.4) is 0 Å². The van der Waals surface area contributed by atoms with E-state index in [-0.39, 0.29) is 0 Å². The first kappa shape index (κ1) is 9.85. The number of nitrogens with one attached hydrogen (secondary N) is 1. The minimum absolute atomic E-state index is 0.621. The number of rotatable bonds is 2. The number of nitrogens with zero attached hydrogens (tertiary/aromatic N) is 2. The van der Waals surface area contributed by atoms with Gasteiger partial charge in [-0.15, -0.1) is 0 Å². The molecule has 0 aliphatic rings. The first-order chi connectivity index (χ1) is 6.57. The molecule has 1 aromatic rings. The van der Waals surface area contributed by atoms with Crippen molar-refractivity contribution in [2.45, 2.75) is 0 Å². The van der Waals surface area contributed by atoms with E-state index in [1.165, 1.54) is 6.19 Å². The second kappa shape index (κ2) is 3.66. The molecule has 0 aliphatic carbocycles. The Bertz CT molecular complexity index is 428. The summed E-state index contributed by atoms with van der Waals surface area (Å²) in [5, 5.41) is 20.2. The zero-order chi connectivity index (χ0) is 10.7. The SMILES string of the molecule is N#CNc1c([N+](=O)[O-])ccc(F)c1F. The summed E-state index contributed by atoms with van der Waals surface area (Å²) in [6, 6.07) is 1.40. The molecule has 1 aromatic carbocycles. The molecule has 0 spiro atoms. The summed E-state index contributed by atoms with van der Waals surface area (Å²) < 4.78 is 25.5. The van der Waals surface area contributed by atoms with Gasteiger partial charge in [0, 0.05) is 6.07 Å². The summed E-state index contributed by atoms with van der Waals surface area (Å²) in [7, 11) is 0. The molecule has 0 atom stereocenters. The van der Waals surface area contributed by atoms with Gasteiger partial charge in [0.05, 0.1) is 4.92 Å². The van der Waals surface area contributed by atoms with Gasteiger partial charge < -0.3 is 0 Å². The number of hydrogen-bond acceptors (Lipinski definition) is 4. The molecule has 14 heavy (non-hydrogen) atoms. The first-order valence-electron chi connectivity index (χ1n) is 3.35. The average Bonchev–Trinajstić information content (AvgIpc) is 2.13. The Labute approximate surface area is 76.7 Å². The quantitative estimate of drug-likeness (QED) is 0.340. The van der Waals surface area contributed by atoms with E-state index in [1.54, 1.807) is 5.32 Å². The van der Waals surface area contributed by atoms with Crippen LogP contribution in [-0.4, -0.2) is 4.92 Å². The molecule has 7 heteroatoms. The van der Waals surface area contributed by atoms with E-state index < -0.39 is 27.9 Å². The highest BCUT2D eigenvalue weighted by Gasteiger charge is 2.20. The number of nitro groups is 1. The van der Waals surface area contributed by atoms with Crippen molar-refractivity contribution >= 4 is 11.4 Å². The molecular weight excluding hydrogens is 196 g/mol. The number of anilines is 1. The fourth-order valence-corrected chi connectivity index (χ4v) is 0.867. The Morgan fingerprint density at radius 2 is 2.14 bits per heavy atom. The third-order valence-corrected chi connectivity index (χ3v) is 1.45. The highest BCUT2D eigenvalue weighted by atomic mass is 19.2. The van der Waals surface area contributed by atoms with Gasteiger partial charge in [0.15, 0.2) is 23.5 Å². The minimum atomic E-state index is -1.44. The van der Waals surface area contributed by atoms with Crippen molar-refractivity contribution in [2.24, 2.45) is 0 Å². The van der Waals surface area contributed by atoms with Crippen LogP contribution in [0.15, 0.2) is 12.1 Å². The molecule has 0 aromatic heterocycles. The third kappa shape index (κ3) is 1.59. The molecular formula is C7H3F2N3O2. The monoisotopic (exact) mass is 199 g/mol. The summed E-state index contributed by atoms with van der Waals surface area (Å²) in [5.41, 5.74) is -1.46. The summed E-state index contributed by atoms with van der Waals surface area (Å²) in [4.78, 5) is 9.41. The van der Waals surface area contributed by atoms with E-state index in [2.05, 4.69) is 0 Å². The predicted octanol–water partition coefficient (Wildman–Crippen LogP) is 1.77. The van der Waals surface area contributed by atoms with Gasteiger partial charge in [0.25, 0.3) is 5.69 Å². The summed E-state index contributed by atoms with van der Waals surface area (Å²) in [6.45, 7) is 0. The van der Waals surface area contributed by atoms with Crippen LogP contribution in [0.5, 0.6) is 0 Å². The molecule has 72 valence electrons. The molecule has 0 saturated heterocycles. The van der Waals surface area contributed by atoms with E-state index in [0.29, 0.717) is 6.07 Å². The lowest BCUT2D eigenvalue weighted by molar-refractivity contribution is -0.384. The molecule has 0 aliphatic heterocycles. The van der Waals surface area contributed by atoms with Crippen molar-refractivity contribution in [2.75, 3.05) is 5.32 Å². The van der Waals surface area contributed by atoms with Crippen molar-refractivity contribution in [1.82, 2.24) is 0 Å². The summed E-state index contributed by atoms with van der Waals surface area (Å²) >= 11 is 0. The second-order valence-corrected chi connectivity index (χ2v) is 2.25. The van der Waals surface area contributed by atoms with E-state index >= 15 is 0 Å². The Kier molecular flexibility index (Phi) is 2.57. The highest BCUT2D eigenvalue weighted by Crippen LogP contribution is 2.28. The minimum Gasteiger partial charge on any atom is -0.284 e. The molecule has 0 fully saturated rings. The van der Waals surface area contributed by atoms with Crippen LogP contribution >= 0.6 is 0 Å². The molecule has 0 bridgehead atoms. The van der Waals surface area contributed by atoms with Gasteiger partial charge in [0.1, 0.15) is 0 Å². The van der Waals surface area contributed by atoms with Gasteiger partial charge in [0.2, 0.25) is 0 Å². The number of hydrogen-bond donors (Lipinski definition) is 1. The molecule has 1 rings (SSSR count). The molecule has 0 heterocycles. The van der Waals surface area contributed by atoms with Gasteiger partial charge in [-0.05, 0) is 6.07 Å². The second-order valence-electron chi connectivity index (χ2n) is 2.25. The van der Waals surface area contributed by atoms with Gasteiger partial charge >= 0.3 is 0 Å². The normalized spacial score (nSPS) is 9.21. The number of halogens is 2. The number of benzene rings is 1. The van der Waals surface area contributed by atoms with Crippen molar-refractivity contribution in [3.8, 4) is 6.19 Å². The Morgan fingerprint density at radius 3 is 2.64 bits per heavy atom. The summed E-state index contributed by atoms with van der Waals surface area (Å²) in [6.07, 6.45) is 1.29. The van der Waals surface area contributed by atoms with Crippen LogP contribution < -0.4 is 5.32 Å². The van der Waals surface area contributed by atoms with E-state index in [0.717, 1.165) is 6.07 Å². The lowest BCUT2D eigenvalue weighted by Gasteiger charge is -2.01. The van der Waals surface area contributed by atoms with E-state index in [4.69, 9.17) is 5.26 Å². The van der Waals surface area contributed by atoms with Crippen LogP contribution in [0, 0.1) is 33.2 Å². The molecule has 1 N–H and O–H groups in total. The van der Waals surface area contributed by atoms with Crippen LogP contribution in [0.4, 0.5) is 20.2 Å². The van der Waals surface area contributed by atoms with Gasteiger partial charge in [-0.3, -0.25) is 15.4 Å². The van der Waals surface area contributed by atoms with Crippen LogP contribution in [0.25, 0.3) is 0 Å². The van der Waals surface area contributed by atoms with Gasteiger partial charge in [-0.2, -0.15) is 5.26 Å². The van der Waals surface area contributed by atoms with Crippen molar-refractivity contribution in [3.63, 3.8) is 0 Å².